The average molecular weight is 431 g/mol. The summed E-state index contributed by atoms with van der Waals surface area (Å²) in [5.41, 5.74) is 0.212. The number of methoxy groups -OCH3 is 1. The number of nitrogens with one attached hydrogen (secondary N) is 2. The van der Waals surface area contributed by atoms with Gasteiger partial charge in [0.25, 0.3) is 0 Å². The molecule has 0 spiro atoms. The second-order valence-electron chi connectivity index (χ2n) is 4.90. The molecule has 0 bridgehead atoms. The number of hydrogen-bond donors (Lipinski definition) is 2. The fraction of sp³-hybridized carbons (Fsp3) is 0.200. The number of benzene rings is 1. The molecule has 0 unspecified atom stereocenters. The van der Waals surface area contributed by atoms with Crippen LogP contribution in [-0.2, 0) is 15.0 Å². The molecule has 0 radical (unpaired) electrons. The molecule has 1 aromatic heterocycles. The third-order valence-corrected chi connectivity index (χ3v) is 3.94. The summed E-state index contributed by atoms with van der Waals surface area (Å²) in [5, 5.41) is 2.06. The first-order chi connectivity index (χ1) is 13.2. The number of aromatic nitrogens is 2. The second-order valence-corrected chi connectivity index (χ2v) is 6.56. The normalized spacial score (nSPS) is 10.7. The zero-order valence-corrected chi connectivity index (χ0v) is 16.2. The smallest absolute Gasteiger partial charge is 0.411 e. The van der Waals surface area contributed by atoms with Crippen LogP contribution in [0.4, 0.5) is 10.7 Å². The third kappa shape index (κ3) is 6.25. The number of hydrogen-bond acceptors (Lipinski definition) is 9. The van der Waals surface area contributed by atoms with Crippen LogP contribution < -0.4 is 19.0 Å². The minimum absolute atomic E-state index is 0.0250. The SMILES string of the molecule is CCOC(=O)c1ccc(OS(=O)(=O)NC(=O)Nc2nc(Cl)cc(OC)n2)cc1. The number of halogens is 1. The maximum atomic E-state index is 11.9. The third-order valence-electron chi connectivity index (χ3n) is 2.89. The Bertz CT molecular complexity index is 967. The summed E-state index contributed by atoms with van der Waals surface area (Å²) >= 11 is 5.73. The van der Waals surface area contributed by atoms with Crippen molar-refractivity contribution in [3.63, 3.8) is 0 Å². The highest BCUT2D eigenvalue weighted by Crippen LogP contribution is 2.16. The highest BCUT2D eigenvalue weighted by molar-refractivity contribution is 7.85. The first kappa shape index (κ1) is 21.2. The van der Waals surface area contributed by atoms with Crippen molar-refractivity contribution in [2.75, 3.05) is 19.0 Å². The van der Waals surface area contributed by atoms with Gasteiger partial charge >= 0.3 is 22.3 Å². The van der Waals surface area contributed by atoms with Crippen molar-refractivity contribution < 1.29 is 31.7 Å². The Morgan fingerprint density at radius 3 is 2.46 bits per heavy atom. The predicted molar refractivity (Wildman–Crippen MR) is 97.7 cm³/mol. The first-order valence-electron chi connectivity index (χ1n) is 7.61. The summed E-state index contributed by atoms with van der Waals surface area (Å²) in [6, 6.07) is 5.20. The Balaban J connectivity index is 2.00. The van der Waals surface area contributed by atoms with E-state index in [1.165, 1.54) is 37.4 Å². The lowest BCUT2D eigenvalue weighted by molar-refractivity contribution is 0.0526. The van der Waals surface area contributed by atoms with Crippen molar-refractivity contribution in [3.05, 3.63) is 41.0 Å². The minimum atomic E-state index is -4.52. The van der Waals surface area contributed by atoms with Gasteiger partial charge in [0.2, 0.25) is 11.8 Å². The molecule has 2 rings (SSSR count). The number of ether oxygens (including phenoxy) is 2. The van der Waals surface area contributed by atoms with E-state index in [1.54, 1.807) is 11.6 Å². The fourth-order valence-electron chi connectivity index (χ4n) is 1.81. The van der Waals surface area contributed by atoms with Gasteiger partial charge < -0.3 is 13.7 Å². The van der Waals surface area contributed by atoms with E-state index >= 15 is 0 Å². The van der Waals surface area contributed by atoms with Gasteiger partial charge in [0.05, 0.1) is 19.3 Å². The van der Waals surface area contributed by atoms with Crippen LogP contribution in [-0.4, -0.2) is 44.1 Å². The van der Waals surface area contributed by atoms with Crippen LogP contribution in [0.25, 0.3) is 0 Å². The fourth-order valence-corrected chi connectivity index (χ4v) is 2.66. The van der Waals surface area contributed by atoms with Crippen molar-refractivity contribution >= 4 is 39.9 Å². The molecule has 150 valence electrons. The number of anilines is 1. The molecular formula is C15H15ClN4O7S. The molecule has 1 heterocycles. The molecule has 2 aromatic rings. The molecule has 11 nitrogen and oxygen atoms in total. The minimum Gasteiger partial charge on any atom is -0.481 e. The van der Waals surface area contributed by atoms with Gasteiger partial charge in [-0.1, -0.05) is 11.6 Å². The lowest BCUT2D eigenvalue weighted by atomic mass is 10.2. The summed E-state index contributed by atoms with van der Waals surface area (Å²) in [6.07, 6.45) is 0. The van der Waals surface area contributed by atoms with Crippen molar-refractivity contribution in [1.29, 1.82) is 0 Å². The van der Waals surface area contributed by atoms with Gasteiger partial charge in [-0.05, 0) is 31.2 Å². The maximum Gasteiger partial charge on any atom is 0.411 e. The van der Waals surface area contributed by atoms with Crippen LogP contribution in [0.1, 0.15) is 17.3 Å². The summed E-state index contributed by atoms with van der Waals surface area (Å²) in [4.78, 5) is 30.9. The largest absolute Gasteiger partial charge is 0.481 e. The highest BCUT2D eigenvalue weighted by atomic mass is 35.5. The molecule has 0 atom stereocenters. The molecule has 1 aromatic carbocycles. The van der Waals surface area contributed by atoms with E-state index in [-0.39, 0.29) is 34.9 Å². The Kier molecular flexibility index (Phi) is 6.95. The maximum absolute atomic E-state index is 11.9. The van der Waals surface area contributed by atoms with Crippen LogP contribution in [0, 0.1) is 0 Å². The van der Waals surface area contributed by atoms with Crippen molar-refractivity contribution in [3.8, 4) is 11.6 Å². The quantitative estimate of drug-likeness (QED) is 0.495. The number of esters is 1. The van der Waals surface area contributed by atoms with Crippen LogP contribution in [0.3, 0.4) is 0 Å². The monoisotopic (exact) mass is 430 g/mol. The van der Waals surface area contributed by atoms with Gasteiger partial charge in [0.15, 0.2) is 0 Å². The van der Waals surface area contributed by atoms with E-state index < -0.39 is 22.3 Å². The van der Waals surface area contributed by atoms with Crippen molar-refractivity contribution in [2.45, 2.75) is 6.92 Å². The number of amides is 2. The first-order valence-corrected chi connectivity index (χ1v) is 9.40. The Morgan fingerprint density at radius 2 is 1.86 bits per heavy atom. The van der Waals surface area contributed by atoms with E-state index in [9.17, 15) is 18.0 Å². The summed E-state index contributed by atoms with van der Waals surface area (Å²) in [6.45, 7) is 1.86. The number of urea groups is 1. The van der Waals surface area contributed by atoms with Gasteiger partial charge in [0.1, 0.15) is 10.9 Å². The van der Waals surface area contributed by atoms with Crippen LogP contribution in [0.5, 0.6) is 11.6 Å². The summed E-state index contributed by atoms with van der Waals surface area (Å²) in [5.74, 6) is -0.910. The molecule has 28 heavy (non-hydrogen) atoms. The van der Waals surface area contributed by atoms with Gasteiger partial charge in [0, 0.05) is 6.07 Å². The van der Waals surface area contributed by atoms with Gasteiger partial charge in [-0.15, -0.1) is 0 Å². The Hall–Kier alpha value is -3.12. The molecular weight excluding hydrogens is 416 g/mol. The van der Waals surface area contributed by atoms with Crippen molar-refractivity contribution in [1.82, 2.24) is 14.7 Å². The topological polar surface area (TPSA) is 146 Å². The molecule has 0 saturated carbocycles. The number of rotatable bonds is 7. The predicted octanol–water partition coefficient (Wildman–Crippen LogP) is 1.76. The van der Waals surface area contributed by atoms with Crippen molar-refractivity contribution in [2.24, 2.45) is 0 Å². The molecule has 13 heteroatoms. The lowest BCUT2D eigenvalue weighted by Crippen LogP contribution is -2.37. The molecule has 2 amide bonds. The standard InChI is InChI=1S/C15H15ClN4O7S/c1-3-26-13(21)9-4-6-10(7-5-9)27-28(23,24)20-15(22)19-14-17-11(16)8-12(18-14)25-2/h4-8H,3H2,1-2H3,(H2,17,18,19,20,22). The Morgan fingerprint density at radius 1 is 1.18 bits per heavy atom. The van der Waals surface area contributed by atoms with Gasteiger partial charge in [-0.2, -0.15) is 13.4 Å². The van der Waals surface area contributed by atoms with E-state index in [1.807, 2.05) is 0 Å². The molecule has 0 aliphatic rings. The molecule has 2 N–H and O–H groups in total. The number of carbonyl (C=O) groups excluding carboxylic acids is 2. The zero-order valence-electron chi connectivity index (χ0n) is 14.6. The number of carbonyl (C=O) groups is 2. The van der Waals surface area contributed by atoms with E-state index in [2.05, 4.69) is 15.3 Å². The number of nitrogens with zero attached hydrogens (tertiary/aromatic N) is 2. The lowest BCUT2D eigenvalue weighted by Gasteiger charge is -2.09. The molecule has 0 fully saturated rings. The molecule has 0 saturated heterocycles. The molecule has 0 aliphatic heterocycles. The van der Waals surface area contributed by atoms with Crippen LogP contribution >= 0.6 is 11.6 Å². The molecule has 0 aliphatic carbocycles. The Labute approximate surface area is 165 Å². The van der Waals surface area contributed by atoms with Crippen LogP contribution in [0.15, 0.2) is 30.3 Å². The second kappa shape index (κ2) is 9.19. The van der Waals surface area contributed by atoms with Crippen LogP contribution in [0.2, 0.25) is 5.15 Å². The summed E-state index contributed by atoms with van der Waals surface area (Å²) < 4.78 is 39.9. The van der Waals surface area contributed by atoms with E-state index in [0.717, 1.165) is 0 Å². The average Bonchev–Trinajstić information content (AvgIpc) is 2.60. The van der Waals surface area contributed by atoms with Gasteiger partial charge in [-0.25, -0.2) is 19.3 Å². The zero-order chi connectivity index (χ0) is 20.7. The van der Waals surface area contributed by atoms with Gasteiger partial charge in [-0.3, -0.25) is 5.32 Å². The summed E-state index contributed by atoms with van der Waals surface area (Å²) in [7, 11) is -3.19. The van der Waals surface area contributed by atoms with E-state index in [4.69, 9.17) is 25.3 Å². The van der Waals surface area contributed by atoms with E-state index in [0.29, 0.717) is 0 Å². The highest BCUT2D eigenvalue weighted by Gasteiger charge is 2.18.